The molecule has 0 unspecified atom stereocenters. The van der Waals surface area contributed by atoms with Gasteiger partial charge in [-0.15, -0.1) is 0 Å². The summed E-state index contributed by atoms with van der Waals surface area (Å²) in [4.78, 5) is 0. The van der Waals surface area contributed by atoms with Crippen LogP contribution in [0, 0.1) is 0 Å². The van der Waals surface area contributed by atoms with Gasteiger partial charge in [0.25, 0.3) is 0 Å². The van der Waals surface area contributed by atoms with Gasteiger partial charge in [-0.05, 0) is 68.5 Å². The number of fused-ring (bicyclic) bond motifs is 3. The van der Waals surface area contributed by atoms with Gasteiger partial charge in [-0.3, -0.25) is 0 Å². The molecule has 1 aliphatic carbocycles. The summed E-state index contributed by atoms with van der Waals surface area (Å²) in [5.41, 5.74) is 11.3. The van der Waals surface area contributed by atoms with Crippen molar-refractivity contribution < 1.29 is 10.0 Å². The minimum Gasteiger partial charge on any atom is -0.423 e. The maximum absolute atomic E-state index is 8.58. The molecule has 0 aromatic heterocycles. The van der Waals surface area contributed by atoms with Crippen molar-refractivity contribution in [1.82, 2.24) is 0 Å². The second kappa shape index (κ2) is 9.92. The van der Waals surface area contributed by atoms with Crippen molar-refractivity contribution in [3.63, 3.8) is 0 Å². The Morgan fingerprint density at radius 3 is 1.24 bits per heavy atom. The minimum absolute atomic E-state index is 0.525. The standard InChI is InChI=1S/C25H18.C6H7BO2/c1-3-7-18(8-4-1)20-11-13-22-15-23-14-12-21(17-25(23)24(22)16-20)19-9-5-2-6-10-19;8-7(9)6-4-2-1-3-5-6/h1-14,16-17H,15H2;1-5,8-9H. The molecule has 6 rings (SSSR count). The molecule has 0 fully saturated rings. The van der Waals surface area contributed by atoms with Gasteiger partial charge < -0.3 is 10.0 Å². The molecule has 5 aromatic carbocycles. The average Bonchev–Trinajstić information content (AvgIpc) is 3.28. The van der Waals surface area contributed by atoms with Gasteiger partial charge in [-0.25, -0.2) is 0 Å². The van der Waals surface area contributed by atoms with Crippen molar-refractivity contribution in [1.29, 1.82) is 0 Å². The molecule has 0 saturated heterocycles. The van der Waals surface area contributed by atoms with Crippen LogP contribution in [0.1, 0.15) is 11.1 Å². The Labute approximate surface area is 201 Å². The third kappa shape index (κ3) is 4.72. The van der Waals surface area contributed by atoms with Crippen LogP contribution >= 0.6 is 0 Å². The second-order valence-electron chi connectivity index (χ2n) is 8.44. The number of rotatable bonds is 3. The summed E-state index contributed by atoms with van der Waals surface area (Å²) in [6.45, 7) is 0. The van der Waals surface area contributed by atoms with Gasteiger partial charge in [0.2, 0.25) is 0 Å². The molecule has 0 bridgehead atoms. The lowest BCUT2D eigenvalue weighted by Crippen LogP contribution is -2.29. The third-order valence-electron chi connectivity index (χ3n) is 6.20. The zero-order valence-electron chi connectivity index (χ0n) is 18.8. The van der Waals surface area contributed by atoms with Crippen molar-refractivity contribution in [2.75, 3.05) is 0 Å². The highest BCUT2D eigenvalue weighted by Gasteiger charge is 2.19. The van der Waals surface area contributed by atoms with Gasteiger partial charge in [0, 0.05) is 0 Å². The fourth-order valence-corrected chi connectivity index (χ4v) is 4.41. The number of hydrogen-bond acceptors (Lipinski definition) is 2. The third-order valence-corrected chi connectivity index (χ3v) is 6.20. The molecule has 0 aliphatic heterocycles. The summed E-state index contributed by atoms with van der Waals surface area (Å²) in [5.74, 6) is 0. The lowest BCUT2D eigenvalue weighted by atomic mass is 9.81. The van der Waals surface area contributed by atoms with E-state index in [9.17, 15) is 0 Å². The van der Waals surface area contributed by atoms with E-state index >= 15 is 0 Å². The van der Waals surface area contributed by atoms with Gasteiger partial charge >= 0.3 is 7.12 Å². The highest BCUT2D eigenvalue weighted by molar-refractivity contribution is 6.58. The molecule has 0 amide bonds. The summed E-state index contributed by atoms with van der Waals surface area (Å²) in [5, 5.41) is 17.2. The molecule has 0 saturated carbocycles. The number of hydrogen-bond donors (Lipinski definition) is 2. The molecule has 164 valence electrons. The lowest BCUT2D eigenvalue weighted by molar-refractivity contribution is 0.426. The monoisotopic (exact) mass is 440 g/mol. The van der Waals surface area contributed by atoms with Gasteiger partial charge in [0.1, 0.15) is 0 Å². The Hall–Kier alpha value is -3.92. The van der Waals surface area contributed by atoms with Crippen LogP contribution in [-0.2, 0) is 6.42 Å². The van der Waals surface area contributed by atoms with E-state index in [1.54, 1.807) is 24.3 Å². The molecule has 3 heteroatoms. The van der Waals surface area contributed by atoms with E-state index in [1.165, 1.54) is 44.5 Å². The second-order valence-corrected chi connectivity index (χ2v) is 8.44. The van der Waals surface area contributed by atoms with E-state index in [4.69, 9.17) is 10.0 Å². The van der Waals surface area contributed by atoms with Crippen LogP contribution in [-0.4, -0.2) is 17.2 Å². The number of benzene rings is 5. The van der Waals surface area contributed by atoms with Gasteiger partial charge in [0.15, 0.2) is 0 Å². The van der Waals surface area contributed by atoms with Crippen LogP contribution in [0.4, 0.5) is 0 Å². The van der Waals surface area contributed by atoms with Crippen molar-refractivity contribution >= 4 is 12.6 Å². The normalized spacial score (nSPS) is 11.1. The van der Waals surface area contributed by atoms with Crippen LogP contribution in [0.2, 0.25) is 0 Å². The van der Waals surface area contributed by atoms with Crippen molar-refractivity contribution in [2.45, 2.75) is 6.42 Å². The summed E-state index contributed by atoms with van der Waals surface area (Å²) >= 11 is 0. The lowest BCUT2D eigenvalue weighted by Gasteiger charge is -2.08. The fourth-order valence-electron chi connectivity index (χ4n) is 4.41. The van der Waals surface area contributed by atoms with Crippen LogP contribution in [0.15, 0.2) is 127 Å². The van der Waals surface area contributed by atoms with E-state index in [2.05, 4.69) is 97.1 Å². The van der Waals surface area contributed by atoms with Crippen molar-refractivity contribution in [2.24, 2.45) is 0 Å². The molecule has 2 N–H and O–H groups in total. The Kier molecular flexibility index (Phi) is 6.39. The molecular formula is C31H25BO2. The average molecular weight is 440 g/mol. The highest BCUT2D eigenvalue weighted by Crippen LogP contribution is 2.40. The molecule has 0 heterocycles. The van der Waals surface area contributed by atoms with Gasteiger partial charge in [0.05, 0.1) is 0 Å². The zero-order chi connectivity index (χ0) is 23.3. The Bertz CT molecular complexity index is 1290. The summed E-state index contributed by atoms with van der Waals surface area (Å²) in [6, 6.07) is 43.7. The molecule has 0 atom stereocenters. The largest absolute Gasteiger partial charge is 0.488 e. The van der Waals surface area contributed by atoms with Crippen LogP contribution < -0.4 is 5.46 Å². The SMILES string of the molecule is OB(O)c1ccccc1.c1ccc(-c2ccc3c(c2)-c2cc(-c4ccccc4)ccc2C3)cc1. The van der Waals surface area contributed by atoms with Crippen LogP contribution in [0.3, 0.4) is 0 Å². The first kappa shape index (κ1) is 21.9. The van der Waals surface area contributed by atoms with Crippen molar-refractivity contribution in [3.8, 4) is 33.4 Å². The van der Waals surface area contributed by atoms with Gasteiger partial charge in [-0.1, -0.05) is 115 Å². The van der Waals surface area contributed by atoms with E-state index in [1.807, 2.05) is 6.07 Å². The minimum atomic E-state index is -1.34. The molecule has 1 aliphatic rings. The van der Waals surface area contributed by atoms with E-state index in [0.717, 1.165) is 6.42 Å². The topological polar surface area (TPSA) is 40.5 Å². The van der Waals surface area contributed by atoms with Crippen LogP contribution in [0.5, 0.6) is 0 Å². The maximum Gasteiger partial charge on any atom is 0.488 e. The molecule has 0 spiro atoms. The zero-order valence-corrected chi connectivity index (χ0v) is 18.8. The van der Waals surface area contributed by atoms with Crippen LogP contribution in [0.25, 0.3) is 33.4 Å². The molecule has 34 heavy (non-hydrogen) atoms. The Morgan fingerprint density at radius 2 is 0.853 bits per heavy atom. The first-order valence-corrected chi connectivity index (χ1v) is 11.5. The van der Waals surface area contributed by atoms with E-state index in [0.29, 0.717) is 5.46 Å². The smallest absolute Gasteiger partial charge is 0.423 e. The molecule has 0 radical (unpaired) electrons. The highest BCUT2D eigenvalue weighted by atomic mass is 16.4. The maximum atomic E-state index is 8.58. The van der Waals surface area contributed by atoms with Gasteiger partial charge in [-0.2, -0.15) is 0 Å². The molecule has 2 nitrogen and oxygen atoms in total. The summed E-state index contributed by atoms with van der Waals surface area (Å²) < 4.78 is 0. The predicted octanol–water partition coefficient (Wildman–Crippen LogP) is 5.96. The predicted molar refractivity (Wildman–Crippen MR) is 142 cm³/mol. The summed E-state index contributed by atoms with van der Waals surface area (Å²) in [6.07, 6.45) is 1.04. The first-order valence-electron chi connectivity index (χ1n) is 11.5. The van der Waals surface area contributed by atoms with Crippen molar-refractivity contribution in [3.05, 3.63) is 139 Å². The first-order chi connectivity index (χ1) is 16.7. The summed E-state index contributed by atoms with van der Waals surface area (Å²) in [7, 11) is -1.34. The quantitative estimate of drug-likeness (QED) is 0.334. The molecular weight excluding hydrogens is 415 g/mol. The molecule has 5 aromatic rings. The Balaban J connectivity index is 0.000000227. The fraction of sp³-hybridized carbons (Fsp3) is 0.0323. The van der Waals surface area contributed by atoms with E-state index < -0.39 is 7.12 Å². The Morgan fingerprint density at radius 1 is 0.441 bits per heavy atom. The van der Waals surface area contributed by atoms with E-state index in [-0.39, 0.29) is 0 Å².